The molecule has 2 atom stereocenters. The van der Waals surface area contributed by atoms with Crippen LogP contribution in [0, 0.1) is 5.92 Å². The minimum absolute atomic E-state index is 0.0830. The molecule has 5 nitrogen and oxygen atoms in total. The molecule has 0 aromatic heterocycles. The summed E-state index contributed by atoms with van der Waals surface area (Å²) in [6.45, 7) is 18.0. The van der Waals surface area contributed by atoms with Crippen molar-refractivity contribution in [3.8, 4) is 0 Å². The Balaban J connectivity index is 3.29. The number of amides is 2. The van der Waals surface area contributed by atoms with Crippen molar-refractivity contribution in [1.82, 2.24) is 9.80 Å². The van der Waals surface area contributed by atoms with Crippen LogP contribution in [0.2, 0.25) is 0 Å². The van der Waals surface area contributed by atoms with Gasteiger partial charge in [0.15, 0.2) is 0 Å². The first-order valence-electron chi connectivity index (χ1n) is 9.23. The summed E-state index contributed by atoms with van der Waals surface area (Å²) in [5, 5.41) is 0.374. The maximum atomic E-state index is 12.8. The van der Waals surface area contributed by atoms with Crippen molar-refractivity contribution in [3.63, 3.8) is 0 Å². The highest BCUT2D eigenvalue weighted by atomic mass is 35.5. The summed E-state index contributed by atoms with van der Waals surface area (Å²) in [4.78, 5) is 33.2. The van der Waals surface area contributed by atoms with Gasteiger partial charge in [0.25, 0.3) is 5.91 Å². The minimum atomic E-state index is -0.227. The monoisotopic (exact) mass is 403 g/mol. The standard InChI is InChI=1S/C22H30ClN3O2/c1-8-11-15(4)21(27)26-13-19(18(9-2)12-16(5)23)20(14-26)25(7)22(28)17(6)24-10-3/h8-9,11-12,19-20H,1-2,5,10,13-14H2,3-4,6-7H3/b15-11+,18-12+,24-17?/t19-,20+/m0/s1. The fourth-order valence-electron chi connectivity index (χ4n) is 3.38. The maximum absolute atomic E-state index is 12.8. The number of likely N-dealkylation sites (N-methyl/N-ethyl adjacent to an activating group) is 1. The Kier molecular flexibility index (Phi) is 9.13. The fourth-order valence-corrected chi connectivity index (χ4v) is 3.50. The van der Waals surface area contributed by atoms with Crippen LogP contribution in [0.5, 0.6) is 0 Å². The minimum Gasteiger partial charge on any atom is -0.336 e. The molecule has 0 aromatic rings. The normalized spacial score (nSPS) is 20.8. The molecule has 0 aliphatic carbocycles. The van der Waals surface area contributed by atoms with Gasteiger partial charge in [-0.05, 0) is 32.4 Å². The van der Waals surface area contributed by atoms with E-state index in [1.807, 2.05) is 6.92 Å². The van der Waals surface area contributed by atoms with Gasteiger partial charge in [0.2, 0.25) is 5.91 Å². The van der Waals surface area contributed by atoms with Crippen molar-refractivity contribution in [2.75, 3.05) is 26.7 Å². The van der Waals surface area contributed by atoms with E-state index >= 15 is 0 Å². The summed E-state index contributed by atoms with van der Waals surface area (Å²) >= 11 is 5.98. The number of aliphatic imine (C=N–C) groups is 1. The fraction of sp³-hybridized carbons (Fsp3) is 0.409. The summed E-state index contributed by atoms with van der Waals surface area (Å²) in [5.74, 6) is -0.366. The molecule has 0 N–H and O–H groups in total. The van der Waals surface area contributed by atoms with Gasteiger partial charge >= 0.3 is 0 Å². The first-order chi connectivity index (χ1) is 13.2. The number of hydrogen-bond acceptors (Lipinski definition) is 3. The second-order valence-corrected chi connectivity index (χ2v) is 7.23. The van der Waals surface area contributed by atoms with Gasteiger partial charge in [-0.15, -0.1) is 0 Å². The molecule has 1 saturated heterocycles. The van der Waals surface area contributed by atoms with Crippen molar-refractivity contribution in [1.29, 1.82) is 0 Å². The zero-order chi connectivity index (χ0) is 21.4. The van der Waals surface area contributed by atoms with E-state index in [-0.39, 0.29) is 23.8 Å². The van der Waals surface area contributed by atoms with Crippen LogP contribution in [0.3, 0.4) is 0 Å². The molecule has 1 heterocycles. The Bertz CT molecular complexity index is 749. The van der Waals surface area contributed by atoms with Crippen LogP contribution < -0.4 is 0 Å². The number of likely N-dealkylation sites (tertiary alicyclic amines) is 1. The molecule has 0 bridgehead atoms. The smallest absolute Gasteiger partial charge is 0.267 e. The highest BCUT2D eigenvalue weighted by Gasteiger charge is 2.40. The first kappa shape index (κ1) is 23.6. The lowest BCUT2D eigenvalue weighted by atomic mass is 9.92. The Morgan fingerprint density at radius 3 is 2.43 bits per heavy atom. The SMILES string of the molecule is C=C/C=C(\C)C(=O)N1C[C@@H](N(C)C(=O)C(C)=NCC)[C@H](/C(C=C)=C/C(=C)Cl)C1. The van der Waals surface area contributed by atoms with Crippen molar-refractivity contribution in [2.24, 2.45) is 10.9 Å². The summed E-state index contributed by atoms with van der Waals surface area (Å²) in [6, 6.07) is -0.227. The van der Waals surface area contributed by atoms with Crippen molar-refractivity contribution in [2.45, 2.75) is 26.8 Å². The number of hydrogen-bond donors (Lipinski definition) is 0. The average Bonchev–Trinajstić information content (AvgIpc) is 3.09. The lowest BCUT2D eigenvalue weighted by molar-refractivity contribution is -0.128. The van der Waals surface area contributed by atoms with E-state index in [0.29, 0.717) is 36.0 Å². The molecule has 0 radical (unpaired) electrons. The number of halogens is 1. The van der Waals surface area contributed by atoms with Crippen LogP contribution >= 0.6 is 11.6 Å². The molecule has 0 aromatic carbocycles. The van der Waals surface area contributed by atoms with Gasteiger partial charge in [-0.3, -0.25) is 14.6 Å². The van der Waals surface area contributed by atoms with Crippen molar-refractivity contribution >= 4 is 29.1 Å². The van der Waals surface area contributed by atoms with Gasteiger partial charge < -0.3 is 9.80 Å². The number of nitrogens with zero attached hydrogens (tertiary/aromatic N) is 3. The Labute approximate surface area is 173 Å². The molecule has 0 spiro atoms. The molecule has 1 fully saturated rings. The van der Waals surface area contributed by atoms with E-state index in [1.165, 1.54) is 0 Å². The van der Waals surface area contributed by atoms with Crippen LogP contribution in [0.15, 0.2) is 65.2 Å². The second-order valence-electron chi connectivity index (χ2n) is 6.74. The first-order valence-corrected chi connectivity index (χ1v) is 9.60. The van der Waals surface area contributed by atoms with Gasteiger partial charge in [0.05, 0.1) is 11.8 Å². The van der Waals surface area contributed by atoms with Crippen molar-refractivity contribution in [3.05, 3.63) is 60.2 Å². The van der Waals surface area contributed by atoms with Crippen LogP contribution in [0.1, 0.15) is 20.8 Å². The number of carbonyl (C=O) groups is 2. The molecule has 1 rings (SSSR count). The third kappa shape index (κ3) is 5.80. The molecule has 1 aliphatic heterocycles. The van der Waals surface area contributed by atoms with E-state index < -0.39 is 0 Å². The predicted octanol–water partition coefficient (Wildman–Crippen LogP) is 3.75. The zero-order valence-electron chi connectivity index (χ0n) is 17.2. The van der Waals surface area contributed by atoms with E-state index in [1.54, 1.807) is 55.0 Å². The predicted molar refractivity (Wildman–Crippen MR) is 118 cm³/mol. The van der Waals surface area contributed by atoms with E-state index in [2.05, 4.69) is 24.7 Å². The second kappa shape index (κ2) is 10.8. The van der Waals surface area contributed by atoms with Crippen LogP contribution in [0.25, 0.3) is 0 Å². The highest BCUT2D eigenvalue weighted by molar-refractivity contribution is 6.37. The Morgan fingerprint density at radius 2 is 1.93 bits per heavy atom. The molecule has 152 valence electrons. The quantitative estimate of drug-likeness (QED) is 0.352. The zero-order valence-corrected chi connectivity index (χ0v) is 18.0. The highest BCUT2D eigenvalue weighted by Crippen LogP contribution is 2.30. The van der Waals surface area contributed by atoms with Crippen LogP contribution in [0.4, 0.5) is 0 Å². The molecule has 28 heavy (non-hydrogen) atoms. The Hall–Kier alpha value is -2.40. The topological polar surface area (TPSA) is 53.0 Å². The van der Waals surface area contributed by atoms with Gasteiger partial charge in [-0.25, -0.2) is 0 Å². The lowest BCUT2D eigenvalue weighted by Crippen LogP contribution is -2.45. The number of carbonyl (C=O) groups excluding carboxylic acids is 2. The lowest BCUT2D eigenvalue weighted by Gasteiger charge is -2.29. The van der Waals surface area contributed by atoms with Gasteiger partial charge in [-0.1, -0.05) is 49.6 Å². The van der Waals surface area contributed by atoms with E-state index in [4.69, 9.17) is 11.6 Å². The molecule has 2 amide bonds. The summed E-state index contributed by atoms with van der Waals surface area (Å²) in [6.07, 6.45) is 6.71. The largest absolute Gasteiger partial charge is 0.336 e. The van der Waals surface area contributed by atoms with Gasteiger partial charge in [-0.2, -0.15) is 0 Å². The summed E-state index contributed by atoms with van der Waals surface area (Å²) < 4.78 is 0. The average molecular weight is 404 g/mol. The molecular weight excluding hydrogens is 374 g/mol. The molecule has 6 heteroatoms. The van der Waals surface area contributed by atoms with Crippen molar-refractivity contribution < 1.29 is 9.59 Å². The molecular formula is C22H30ClN3O2. The van der Waals surface area contributed by atoms with Crippen LogP contribution in [-0.2, 0) is 9.59 Å². The van der Waals surface area contributed by atoms with E-state index in [9.17, 15) is 9.59 Å². The van der Waals surface area contributed by atoms with E-state index in [0.717, 1.165) is 5.57 Å². The number of rotatable bonds is 8. The summed E-state index contributed by atoms with van der Waals surface area (Å²) in [7, 11) is 1.74. The summed E-state index contributed by atoms with van der Waals surface area (Å²) in [5.41, 5.74) is 1.88. The third-order valence-corrected chi connectivity index (χ3v) is 4.90. The molecule has 1 aliphatic rings. The van der Waals surface area contributed by atoms with Gasteiger partial charge in [0.1, 0.15) is 0 Å². The van der Waals surface area contributed by atoms with Crippen LogP contribution in [-0.4, -0.2) is 60.0 Å². The maximum Gasteiger partial charge on any atom is 0.267 e. The molecule has 0 saturated carbocycles. The van der Waals surface area contributed by atoms with Gasteiger partial charge in [0, 0.05) is 43.2 Å². The molecule has 0 unspecified atom stereocenters. The Morgan fingerprint density at radius 1 is 1.29 bits per heavy atom. The third-order valence-electron chi connectivity index (χ3n) is 4.79. The number of allylic oxidation sites excluding steroid dienone is 5.